The highest BCUT2D eigenvalue weighted by Gasteiger charge is 2.19. The van der Waals surface area contributed by atoms with E-state index in [0.29, 0.717) is 22.2 Å². The van der Waals surface area contributed by atoms with Gasteiger partial charge in [0.25, 0.3) is 0 Å². The fourth-order valence-electron chi connectivity index (χ4n) is 2.76. The second kappa shape index (κ2) is 8.39. The number of hydrogen-bond acceptors (Lipinski definition) is 1. The summed E-state index contributed by atoms with van der Waals surface area (Å²) in [5.41, 5.74) is 3.72. The van der Waals surface area contributed by atoms with Gasteiger partial charge in [0.2, 0.25) is 5.91 Å². The number of nitrogens with zero attached hydrogens (tertiary/aromatic N) is 1. The smallest absolute Gasteiger partial charge is 0.231 e. The molecule has 0 aliphatic heterocycles. The summed E-state index contributed by atoms with van der Waals surface area (Å²) in [7, 11) is 0. The van der Waals surface area contributed by atoms with Gasteiger partial charge in [-0.15, -0.1) is 0 Å². The zero-order chi connectivity index (χ0) is 18.5. The van der Waals surface area contributed by atoms with Crippen LogP contribution in [-0.4, -0.2) is 5.91 Å². The molecule has 0 radical (unpaired) electrons. The van der Waals surface area contributed by atoms with Crippen molar-refractivity contribution in [2.45, 2.75) is 19.9 Å². The van der Waals surface area contributed by atoms with Crippen molar-refractivity contribution < 1.29 is 4.79 Å². The molecule has 26 heavy (non-hydrogen) atoms. The number of hydrogen-bond donors (Lipinski definition) is 0. The SMILES string of the molecule is Cc1ccc(N(Cc2ccccc2)C(=O)Cc2c(Cl)cccc2Cl)cc1. The van der Waals surface area contributed by atoms with Gasteiger partial charge in [-0.1, -0.05) is 77.3 Å². The summed E-state index contributed by atoms with van der Waals surface area (Å²) in [6.45, 7) is 2.52. The van der Waals surface area contributed by atoms with Gasteiger partial charge in [-0.25, -0.2) is 0 Å². The molecule has 1 amide bonds. The van der Waals surface area contributed by atoms with E-state index in [4.69, 9.17) is 23.2 Å². The Hall–Kier alpha value is -2.29. The van der Waals surface area contributed by atoms with Crippen molar-refractivity contribution in [1.82, 2.24) is 0 Å². The van der Waals surface area contributed by atoms with Crippen LogP contribution >= 0.6 is 23.2 Å². The lowest BCUT2D eigenvalue weighted by Gasteiger charge is -2.24. The van der Waals surface area contributed by atoms with Crippen LogP contribution in [0.3, 0.4) is 0 Å². The van der Waals surface area contributed by atoms with E-state index in [1.807, 2.05) is 61.5 Å². The molecule has 3 aromatic carbocycles. The molecule has 0 N–H and O–H groups in total. The Morgan fingerprint density at radius 3 is 2.08 bits per heavy atom. The third-order valence-corrected chi connectivity index (χ3v) is 4.93. The van der Waals surface area contributed by atoms with Gasteiger partial charge in [-0.2, -0.15) is 0 Å². The predicted molar refractivity (Wildman–Crippen MR) is 109 cm³/mol. The summed E-state index contributed by atoms with van der Waals surface area (Å²) >= 11 is 12.5. The number of benzene rings is 3. The number of aryl methyl sites for hydroxylation is 1. The monoisotopic (exact) mass is 383 g/mol. The lowest BCUT2D eigenvalue weighted by Crippen LogP contribution is -2.32. The molecule has 0 saturated heterocycles. The maximum absolute atomic E-state index is 13.1. The van der Waals surface area contributed by atoms with Gasteiger partial charge in [0.05, 0.1) is 13.0 Å². The first-order valence-electron chi connectivity index (χ1n) is 8.38. The van der Waals surface area contributed by atoms with Crippen molar-refractivity contribution in [3.8, 4) is 0 Å². The molecule has 0 fully saturated rings. The minimum atomic E-state index is -0.0484. The molecule has 0 spiro atoms. The quantitative estimate of drug-likeness (QED) is 0.522. The minimum Gasteiger partial charge on any atom is -0.308 e. The van der Waals surface area contributed by atoms with Crippen molar-refractivity contribution in [1.29, 1.82) is 0 Å². The first kappa shape index (κ1) is 18.5. The average molecular weight is 384 g/mol. The van der Waals surface area contributed by atoms with Crippen LogP contribution in [0.1, 0.15) is 16.7 Å². The fourth-order valence-corrected chi connectivity index (χ4v) is 3.29. The molecule has 0 aromatic heterocycles. The topological polar surface area (TPSA) is 20.3 Å². The molecule has 2 nitrogen and oxygen atoms in total. The number of carbonyl (C=O) groups excluding carboxylic acids is 1. The molecule has 0 unspecified atom stereocenters. The molecule has 0 atom stereocenters. The van der Waals surface area contributed by atoms with E-state index in [1.54, 1.807) is 23.1 Å². The summed E-state index contributed by atoms with van der Waals surface area (Å²) in [5.74, 6) is -0.0484. The molecule has 0 bridgehead atoms. The number of rotatable bonds is 5. The Bertz CT molecular complexity index is 872. The lowest BCUT2D eigenvalue weighted by atomic mass is 10.1. The van der Waals surface area contributed by atoms with E-state index < -0.39 is 0 Å². The zero-order valence-corrected chi connectivity index (χ0v) is 16.0. The number of anilines is 1. The number of halogens is 2. The lowest BCUT2D eigenvalue weighted by molar-refractivity contribution is -0.118. The predicted octanol–water partition coefficient (Wildman–Crippen LogP) is 6.08. The maximum Gasteiger partial charge on any atom is 0.231 e. The van der Waals surface area contributed by atoms with Crippen LogP contribution in [0.2, 0.25) is 10.0 Å². The van der Waals surface area contributed by atoms with Crippen LogP contribution in [-0.2, 0) is 17.8 Å². The largest absolute Gasteiger partial charge is 0.308 e. The zero-order valence-electron chi connectivity index (χ0n) is 14.5. The second-order valence-corrected chi connectivity index (χ2v) is 6.99. The first-order chi connectivity index (χ1) is 12.5. The van der Waals surface area contributed by atoms with Gasteiger partial charge in [0.15, 0.2) is 0 Å². The second-order valence-electron chi connectivity index (χ2n) is 6.18. The van der Waals surface area contributed by atoms with Crippen LogP contribution in [0, 0.1) is 6.92 Å². The van der Waals surface area contributed by atoms with Crippen LogP contribution in [0.4, 0.5) is 5.69 Å². The molecule has 0 aliphatic rings. The summed E-state index contributed by atoms with van der Waals surface area (Å²) in [6, 6.07) is 23.1. The highest BCUT2D eigenvalue weighted by Crippen LogP contribution is 2.27. The highest BCUT2D eigenvalue weighted by atomic mass is 35.5. The van der Waals surface area contributed by atoms with Crippen LogP contribution < -0.4 is 4.90 Å². The molecule has 0 heterocycles. The third-order valence-electron chi connectivity index (χ3n) is 4.22. The Morgan fingerprint density at radius 2 is 1.46 bits per heavy atom. The molecule has 3 rings (SSSR count). The van der Waals surface area contributed by atoms with Crippen molar-refractivity contribution in [2.24, 2.45) is 0 Å². The summed E-state index contributed by atoms with van der Waals surface area (Å²) in [4.78, 5) is 14.9. The van der Waals surface area contributed by atoms with E-state index in [2.05, 4.69) is 0 Å². The molecule has 0 aliphatic carbocycles. The summed E-state index contributed by atoms with van der Waals surface area (Å²) < 4.78 is 0. The summed E-state index contributed by atoms with van der Waals surface area (Å²) in [5, 5.41) is 1.02. The van der Waals surface area contributed by atoms with Crippen molar-refractivity contribution in [3.05, 3.63) is 99.5 Å². The van der Waals surface area contributed by atoms with E-state index >= 15 is 0 Å². The standard InChI is InChI=1S/C22H19Cl2NO/c1-16-10-12-18(13-11-16)25(15-17-6-3-2-4-7-17)22(26)14-19-20(23)8-5-9-21(19)24/h2-13H,14-15H2,1H3. The maximum atomic E-state index is 13.1. The normalized spacial score (nSPS) is 10.6. The van der Waals surface area contributed by atoms with Gasteiger partial charge in [0, 0.05) is 15.7 Å². The Morgan fingerprint density at radius 1 is 0.846 bits per heavy atom. The van der Waals surface area contributed by atoms with Crippen molar-refractivity contribution in [2.75, 3.05) is 4.90 Å². The van der Waals surface area contributed by atoms with Gasteiger partial charge < -0.3 is 4.90 Å². The third kappa shape index (κ3) is 4.46. The molecular formula is C22H19Cl2NO. The van der Waals surface area contributed by atoms with E-state index in [9.17, 15) is 4.79 Å². The van der Waals surface area contributed by atoms with Crippen molar-refractivity contribution in [3.63, 3.8) is 0 Å². The summed E-state index contributed by atoms with van der Waals surface area (Å²) in [6.07, 6.45) is 0.152. The van der Waals surface area contributed by atoms with Crippen molar-refractivity contribution >= 4 is 34.8 Å². The van der Waals surface area contributed by atoms with Crippen LogP contribution in [0.25, 0.3) is 0 Å². The number of amides is 1. The molecule has 132 valence electrons. The Labute approximate surface area is 164 Å². The highest BCUT2D eigenvalue weighted by molar-refractivity contribution is 6.36. The molecule has 3 aromatic rings. The van der Waals surface area contributed by atoms with Crippen LogP contribution in [0.5, 0.6) is 0 Å². The van der Waals surface area contributed by atoms with Crippen LogP contribution in [0.15, 0.2) is 72.8 Å². The van der Waals surface area contributed by atoms with Gasteiger partial charge in [-0.3, -0.25) is 4.79 Å². The van der Waals surface area contributed by atoms with Gasteiger partial charge >= 0.3 is 0 Å². The van der Waals surface area contributed by atoms with Gasteiger partial charge in [-0.05, 0) is 42.3 Å². The Balaban J connectivity index is 1.91. The van der Waals surface area contributed by atoms with E-state index in [0.717, 1.165) is 16.8 Å². The molecular weight excluding hydrogens is 365 g/mol. The van der Waals surface area contributed by atoms with E-state index in [-0.39, 0.29) is 12.3 Å². The molecule has 0 saturated carbocycles. The number of carbonyl (C=O) groups is 1. The first-order valence-corrected chi connectivity index (χ1v) is 9.14. The fraction of sp³-hybridized carbons (Fsp3) is 0.136. The Kier molecular flexibility index (Phi) is 5.97. The van der Waals surface area contributed by atoms with E-state index in [1.165, 1.54) is 0 Å². The molecule has 4 heteroatoms. The van der Waals surface area contributed by atoms with Gasteiger partial charge in [0.1, 0.15) is 0 Å². The minimum absolute atomic E-state index is 0.0484. The average Bonchev–Trinajstić information content (AvgIpc) is 2.64.